The summed E-state index contributed by atoms with van der Waals surface area (Å²) < 4.78 is 2.20. The predicted molar refractivity (Wildman–Crippen MR) is 162 cm³/mol. The van der Waals surface area contributed by atoms with Gasteiger partial charge in [0, 0.05) is 12.6 Å². The van der Waals surface area contributed by atoms with Gasteiger partial charge < -0.3 is 4.57 Å². The van der Waals surface area contributed by atoms with Gasteiger partial charge in [0.25, 0.3) is 0 Å². The lowest BCUT2D eigenvalue weighted by Crippen LogP contribution is -1.94. The molecule has 7 aromatic carbocycles. The Labute approximate surface area is 220 Å². The first-order valence-electron chi connectivity index (χ1n) is 13.0. The van der Waals surface area contributed by atoms with E-state index in [0.717, 1.165) is 22.4 Å². The van der Waals surface area contributed by atoms with Crippen LogP contribution in [0.25, 0.3) is 76.6 Å². The first kappa shape index (κ1) is 21.2. The zero-order valence-electron chi connectivity index (χ0n) is 21.0. The number of aromatic nitrogens is 2. The highest BCUT2D eigenvalue weighted by atomic mass is 15.1. The first-order valence-corrected chi connectivity index (χ1v) is 13.0. The van der Waals surface area contributed by atoms with Crippen LogP contribution in [0.2, 0.25) is 0 Å². The molecule has 38 heavy (non-hydrogen) atoms. The van der Waals surface area contributed by atoms with Crippen LogP contribution in [-0.2, 0) is 7.05 Å². The summed E-state index contributed by atoms with van der Waals surface area (Å²) in [5, 5.41) is 10.2. The van der Waals surface area contributed by atoms with Gasteiger partial charge in [0.15, 0.2) is 0 Å². The zero-order valence-corrected chi connectivity index (χ0v) is 21.0. The van der Waals surface area contributed by atoms with Crippen molar-refractivity contribution in [2.45, 2.75) is 0 Å². The molecule has 0 N–H and O–H groups in total. The molecule has 1 aromatic heterocycles. The fraction of sp³-hybridized carbons (Fsp3) is 0.0278. The van der Waals surface area contributed by atoms with Crippen molar-refractivity contribution in [3.8, 4) is 22.5 Å². The van der Waals surface area contributed by atoms with E-state index in [1.54, 1.807) is 0 Å². The Kier molecular flexibility index (Phi) is 4.47. The minimum absolute atomic E-state index is 0.990. The summed E-state index contributed by atoms with van der Waals surface area (Å²) in [6.07, 6.45) is 0. The molecule has 2 nitrogen and oxygen atoms in total. The van der Waals surface area contributed by atoms with Crippen LogP contribution in [0.3, 0.4) is 0 Å². The summed E-state index contributed by atoms with van der Waals surface area (Å²) in [6, 6.07) is 46.0. The molecule has 0 radical (unpaired) electrons. The van der Waals surface area contributed by atoms with Gasteiger partial charge in [-0.2, -0.15) is 0 Å². The Morgan fingerprint density at radius 1 is 0.474 bits per heavy atom. The smallest absolute Gasteiger partial charge is 0.141 e. The van der Waals surface area contributed by atoms with E-state index in [0.29, 0.717) is 0 Å². The van der Waals surface area contributed by atoms with Gasteiger partial charge in [0.05, 0.1) is 11.0 Å². The second-order valence-corrected chi connectivity index (χ2v) is 10.0. The van der Waals surface area contributed by atoms with Gasteiger partial charge in [0.2, 0.25) is 0 Å². The Morgan fingerprint density at radius 2 is 1.05 bits per heavy atom. The number of rotatable bonds is 2. The number of imidazole rings is 1. The molecule has 0 bridgehead atoms. The third kappa shape index (κ3) is 2.98. The van der Waals surface area contributed by atoms with E-state index in [2.05, 4.69) is 133 Å². The maximum atomic E-state index is 5.02. The molecule has 8 aromatic rings. The van der Waals surface area contributed by atoms with Crippen LogP contribution in [0, 0.1) is 0 Å². The third-order valence-electron chi connectivity index (χ3n) is 7.99. The number of hydrogen-bond donors (Lipinski definition) is 0. The molecule has 0 unspecified atom stereocenters. The predicted octanol–water partition coefficient (Wildman–Crippen LogP) is 9.52. The van der Waals surface area contributed by atoms with Crippen molar-refractivity contribution < 1.29 is 0 Å². The van der Waals surface area contributed by atoms with Crippen LogP contribution < -0.4 is 0 Å². The molecule has 2 heteroatoms. The summed E-state index contributed by atoms with van der Waals surface area (Å²) in [7, 11) is 2.11. The molecular weight excluding hydrogens is 460 g/mol. The van der Waals surface area contributed by atoms with E-state index in [9.17, 15) is 0 Å². The van der Waals surface area contributed by atoms with Crippen molar-refractivity contribution in [3.05, 3.63) is 127 Å². The second-order valence-electron chi connectivity index (χ2n) is 10.0. The Morgan fingerprint density at radius 3 is 1.84 bits per heavy atom. The van der Waals surface area contributed by atoms with Crippen LogP contribution in [0.15, 0.2) is 127 Å². The summed E-state index contributed by atoms with van der Waals surface area (Å²) in [4.78, 5) is 5.02. The fourth-order valence-corrected chi connectivity index (χ4v) is 6.22. The normalized spacial score (nSPS) is 11.8. The van der Waals surface area contributed by atoms with Gasteiger partial charge in [-0.3, -0.25) is 0 Å². The van der Waals surface area contributed by atoms with E-state index >= 15 is 0 Å². The van der Waals surface area contributed by atoms with Gasteiger partial charge in [0.1, 0.15) is 5.82 Å². The van der Waals surface area contributed by atoms with Crippen molar-refractivity contribution in [2.24, 2.45) is 7.05 Å². The molecule has 1 heterocycles. The average molecular weight is 485 g/mol. The van der Waals surface area contributed by atoms with E-state index in [-0.39, 0.29) is 0 Å². The molecule has 0 saturated heterocycles. The largest absolute Gasteiger partial charge is 0.327 e. The van der Waals surface area contributed by atoms with Gasteiger partial charge in [-0.05, 0) is 78.5 Å². The lowest BCUT2D eigenvalue weighted by Gasteiger charge is -2.16. The van der Waals surface area contributed by atoms with E-state index in [1.807, 2.05) is 6.07 Å². The molecule has 8 rings (SSSR count). The van der Waals surface area contributed by atoms with Crippen LogP contribution in [0.1, 0.15) is 0 Å². The van der Waals surface area contributed by atoms with E-state index < -0.39 is 0 Å². The Hall–Kier alpha value is -4.95. The molecule has 0 fully saturated rings. The molecule has 0 aliphatic carbocycles. The number of para-hydroxylation sites is 2. The van der Waals surface area contributed by atoms with Gasteiger partial charge in [-0.25, -0.2) is 4.98 Å². The summed E-state index contributed by atoms with van der Waals surface area (Å²) >= 11 is 0. The average Bonchev–Trinajstić information content (AvgIpc) is 3.32. The molecule has 178 valence electrons. The quantitative estimate of drug-likeness (QED) is 0.223. The van der Waals surface area contributed by atoms with Crippen molar-refractivity contribution >= 4 is 54.1 Å². The summed E-state index contributed by atoms with van der Waals surface area (Å²) in [6.45, 7) is 0. The van der Waals surface area contributed by atoms with E-state index in [1.165, 1.54) is 54.2 Å². The van der Waals surface area contributed by atoms with Crippen LogP contribution in [0.5, 0.6) is 0 Å². The van der Waals surface area contributed by atoms with Gasteiger partial charge in [-0.15, -0.1) is 0 Å². The van der Waals surface area contributed by atoms with Gasteiger partial charge in [-0.1, -0.05) is 103 Å². The van der Waals surface area contributed by atoms with Crippen molar-refractivity contribution in [1.82, 2.24) is 9.55 Å². The van der Waals surface area contributed by atoms with Gasteiger partial charge >= 0.3 is 0 Å². The SMILES string of the molecule is Cn1c(-c2ccc(-c3cc4ccc5ccccc5c4c4ccccc34)c3ccccc23)nc2ccccc21. The molecule has 0 aliphatic rings. The number of hydrogen-bond acceptors (Lipinski definition) is 1. The molecule has 0 aliphatic heterocycles. The molecule has 0 spiro atoms. The minimum atomic E-state index is 0.990. The number of nitrogens with zero attached hydrogens (tertiary/aromatic N) is 2. The molecule has 0 saturated carbocycles. The highest BCUT2D eigenvalue weighted by Crippen LogP contribution is 2.42. The van der Waals surface area contributed by atoms with Crippen LogP contribution >= 0.6 is 0 Å². The maximum absolute atomic E-state index is 5.02. The van der Waals surface area contributed by atoms with Crippen molar-refractivity contribution in [2.75, 3.05) is 0 Å². The highest BCUT2D eigenvalue weighted by Gasteiger charge is 2.17. The minimum Gasteiger partial charge on any atom is -0.327 e. The molecular formula is C36H24N2. The molecule has 0 atom stereocenters. The van der Waals surface area contributed by atoms with E-state index in [4.69, 9.17) is 4.98 Å². The zero-order chi connectivity index (χ0) is 25.2. The van der Waals surface area contributed by atoms with Crippen LogP contribution in [-0.4, -0.2) is 9.55 Å². The fourth-order valence-electron chi connectivity index (χ4n) is 6.22. The highest BCUT2D eigenvalue weighted by molar-refractivity contribution is 6.24. The number of benzene rings is 7. The topological polar surface area (TPSA) is 17.8 Å². The molecule has 0 amide bonds. The van der Waals surface area contributed by atoms with Crippen molar-refractivity contribution in [1.29, 1.82) is 0 Å². The monoisotopic (exact) mass is 484 g/mol. The van der Waals surface area contributed by atoms with Crippen molar-refractivity contribution in [3.63, 3.8) is 0 Å². The Balaban J connectivity index is 1.45. The standard InChI is InChI=1S/C36H24N2/c1-38-34-17-9-8-16-33(34)37-36(38)31-21-20-29(26-12-4-5-13-27(26)31)32-22-24-19-18-23-10-2-3-11-25(23)35(24)30-15-7-6-14-28(30)32/h2-22H,1H3. The second kappa shape index (κ2) is 8.03. The number of fused-ring (bicyclic) bond motifs is 7. The lowest BCUT2D eigenvalue weighted by atomic mass is 9.88. The number of aryl methyl sites for hydroxylation is 1. The third-order valence-corrected chi connectivity index (χ3v) is 7.99. The first-order chi connectivity index (χ1) is 18.8. The summed E-state index contributed by atoms with van der Waals surface area (Å²) in [5.74, 6) is 0.990. The lowest BCUT2D eigenvalue weighted by molar-refractivity contribution is 0.961. The maximum Gasteiger partial charge on any atom is 0.141 e. The Bertz CT molecular complexity index is 2200. The van der Waals surface area contributed by atoms with Crippen LogP contribution in [0.4, 0.5) is 0 Å². The summed E-state index contributed by atoms with van der Waals surface area (Å²) in [5.41, 5.74) is 5.82.